The minimum atomic E-state index is -0.502. The first-order chi connectivity index (χ1) is 17.9. The highest BCUT2D eigenvalue weighted by Crippen LogP contribution is 2.47. The first-order valence-electron chi connectivity index (χ1n) is 13.5. The molecule has 0 bridgehead atoms. The largest absolute Gasteiger partial charge is 0.507 e. The van der Waals surface area contributed by atoms with Gasteiger partial charge in [0.1, 0.15) is 18.1 Å². The van der Waals surface area contributed by atoms with Crippen LogP contribution in [0.4, 0.5) is 0 Å². The van der Waals surface area contributed by atoms with Gasteiger partial charge in [-0.2, -0.15) is 0 Å². The van der Waals surface area contributed by atoms with Gasteiger partial charge < -0.3 is 28.8 Å². The van der Waals surface area contributed by atoms with E-state index in [9.17, 15) is 9.90 Å². The first kappa shape index (κ1) is 31.0. The van der Waals surface area contributed by atoms with Crippen LogP contribution in [0.1, 0.15) is 69.9 Å². The molecular weight excluding hydrogens is 472 g/mol. The summed E-state index contributed by atoms with van der Waals surface area (Å²) in [7, 11) is 1.63. The van der Waals surface area contributed by atoms with E-state index in [-0.39, 0.29) is 30.8 Å². The van der Waals surface area contributed by atoms with Crippen molar-refractivity contribution in [3.63, 3.8) is 0 Å². The minimum absolute atomic E-state index is 0.0980. The Morgan fingerprint density at radius 2 is 1.73 bits per heavy atom. The molecule has 0 saturated carbocycles. The Bertz CT molecular complexity index is 877. The van der Waals surface area contributed by atoms with Gasteiger partial charge in [0.15, 0.2) is 0 Å². The quantitative estimate of drug-likeness (QED) is 0.115. The molecule has 2 rings (SSSR count). The van der Waals surface area contributed by atoms with E-state index in [1.165, 1.54) is 5.57 Å². The zero-order chi connectivity index (χ0) is 27.0. The number of esters is 1. The Hall–Kier alpha value is -2.19. The number of carbonyl (C=O) groups excluding carboxylic acids is 1. The van der Waals surface area contributed by atoms with E-state index in [4.69, 9.17) is 23.7 Å². The third-order valence-corrected chi connectivity index (χ3v) is 6.58. The summed E-state index contributed by atoms with van der Waals surface area (Å²) in [4.78, 5) is 12.7. The molecule has 0 aromatic heterocycles. The Morgan fingerprint density at radius 3 is 2.38 bits per heavy atom. The van der Waals surface area contributed by atoms with Crippen LogP contribution >= 0.6 is 0 Å². The lowest BCUT2D eigenvalue weighted by Gasteiger charge is -2.32. The van der Waals surface area contributed by atoms with Crippen molar-refractivity contribution in [1.29, 1.82) is 0 Å². The Kier molecular flexibility index (Phi) is 14.5. The third-order valence-electron chi connectivity index (χ3n) is 6.58. The van der Waals surface area contributed by atoms with Gasteiger partial charge in [-0.05, 0) is 63.1 Å². The molecule has 0 heterocycles. The number of hydrogen-bond donors (Lipinski definition) is 1. The summed E-state index contributed by atoms with van der Waals surface area (Å²) < 4.78 is 27.0. The van der Waals surface area contributed by atoms with Gasteiger partial charge in [0.25, 0.3) is 0 Å². The summed E-state index contributed by atoms with van der Waals surface area (Å²) in [6.07, 6.45) is 8.18. The summed E-state index contributed by atoms with van der Waals surface area (Å²) in [6.45, 7) is 12.9. The monoisotopic (exact) mass is 518 g/mol. The lowest BCUT2D eigenvalue weighted by atomic mass is 9.73. The molecular formula is C30H46O7. The molecule has 0 aliphatic heterocycles. The van der Waals surface area contributed by atoms with E-state index in [1.807, 2.05) is 19.1 Å². The standard InChI is InChI=1S/C30H46O7/c1-6-7-8-9-24-19-27(31)30(26-18-23(4)10-11-25(26)22(2)3)28(20-24)37-29(32)21-36-17-16-35-15-14-34-13-12-33-5/h18-20,25-26,31H,2,6-17,21H2,1,3-5H3/t25-,26+/m0/s1. The van der Waals surface area contributed by atoms with Crippen molar-refractivity contribution < 1.29 is 33.6 Å². The summed E-state index contributed by atoms with van der Waals surface area (Å²) in [5, 5.41) is 11.1. The summed E-state index contributed by atoms with van der Waals surface area (Å²) in [5.74, 6) is 0.148. The fourth-order valence-electron chi connectivity index (χ4n) is 4.61. The van der Waals surface area contributed by atoms with E-state index in [0.29, 0.717) is 44.3 Å². The second-order valence-corrected chi connectivity index (χ2v) is 9.76. The van der Waals surface area contributed by atoms with Gasteiger partial charge in [-0.25, -0.2) is 4.79 Å². The predicted octanol–water partition coefficient (Wildman–Crippen LogP) is 5.74. The first-order valence-corrected chi connectivity index (χ1v) is 13.5. The highest BCUT2D eigenvalue weighted by Gasteiger charge is 2.31. The van der Waals surface area contributed by atoms with Crippen molar-refractivity contribution >= 4 is 5.97 Å². The lowest BCUT2D eigenvalue weighted by Crippen LogP contribution is -2.21. The van der Waals surface area contributed by atoms with E-state index in [2.05, 4.69) is 26.5 Å². The fraction of sp³-hybridized carbons (Fsp3) is 0.633. The topological polar surface area (TPSA) is 83.5 Å². The number of rotatable bonds is 18. The van der Waals surface area contributed by atoms with Crippen molar-refractivity contribution in [2.75, 3.05) is 53.4 Å². The van der Waals surface area contributed by atoms with Crippen molar-refractivity contribution in [1.82, 2.24) is 0 Å². The highest BCUT2D eigenvalue weighted by atomic mass is 16.6. The van der Waals surface area contributed by atoms with Gasteiger partial charge in [-0.3, -0.25) is 0 Å². The molecule has 1 aliphatic rings. The molecule has 0 fully saturated rings. The summed E-state index contributed by atoms with van der Waals surface area (Å²) in [5.41, 5.74) is 3.93. The van der Waals surface area contributed by atoms with Crippen LogP contribution < -0.4 is 4.74 Å². The van der Waals surface area contributed by atoms with Crippen molar-refractivity contribution in [3.8, 4) is 11.5 Å². The maximum Gasteiger partial charge on any atom is 0.337 e. The number of carbonyl (C=O) groups is 1. The zero-order valence-electron chi connectivity index (χ0n) is 23.2. The smallest absolute Gasteiger partial charge is 0.337 e. The van der Waals surface area contributed by atoms with Crippen LogP contribution in [0.5, 0.6) is 11.5 Å². The van der Waals surface area contributed by atoms with Crippen LogP contribution in [-0.2, 0) is 30.2 Å². The van der Waals surface area contributed by atoms with E-state index < -0.39 is 5.97 Å². The number of phenolic OH excluding ortho intramolecular Hbond substituents is 1. The van der Waals surface area contributed by atoms with Crippen molar-refractivity contribution in [3.05, 3.63) is 47.1 Å². The maximum atomic E-state index is 12.7. The average molecular weight is 519 g/mol. The molecule has 0 spiro atoms. The Morgan fingerprint density at radius 1 is 1.05 bits per heavy atom. The number of hydrogen-bond acceptors (Lipinski definition) is 7. The SMILES string of the molecule is C=C(C)[C@@H]1CCC(C)=C[C@H]1c1c(O)cc(CCCCC)cc1OC(=O)COCCOCCOCCOC. The molecule has 7 heteroatoms. The Labute approximate surface area is 222 Å². The number of unbranched alkanes of at least 4 members (excludes halogenated alkanes) is 2. The van der Waals surface area contributed by atoms with Crippen LogP contribution in [0.3, 0.4) is 0 Å². The molecule has 1 aromatic carbocycles. The highest BCUT2D eigenvalue weighted by molar-refractivity contribution is 5.74. The molecule has 37 heavy (non-hydrogen) atoms. The predicted molar refractivity (Wildman–Crippen MR) is 145 cm³/mol. The molecule has 0 unspecified atom stereocenters. The number of aryl methyl sites for hydroxylation is 1. The molecule has 0 amide bonds. The van der Waals surface area contributed by atoms with Crippen LogP contribution in [-0.4, -0.2) is 64.4 Å². The number of methoxy groups -OCH3 is 1. The van der Waals surface area contributed by atoms with E-state index in [0.717, 1.165) is 49.7 Å². The summed E-state index contributed by atoms with van der Waals surface area (Å²) >= 11 is 0. The normalized spacial score (nSPS) is 17.5. The number of phenols is 1. The van der Waals surface area contributed by atoms with Crippen LogP contribution in [0.25, 0.3) is 0 Å². The second kappa shape index (κ2) is 17.3. The molecule has 0 radical (unpaired) electrons. The van der Waals surface area contributed by atoms with Crippen molar-refractivity contribution in [2.45, 2.75) is 65.2 Å². The number of allylic oxidation sites excluding steroid dienone is 3. The van der Waals surface area contributed by atoms with Crippen molar-refractivity contribution in [2.24, 2.45) is 5.92 Å². The van der Waals surface area contributed by atoms with Crippen LogP contribution in [0.2, 0.25) is 0 Å². The van der Waals surface area contributed by atoms with Gasteiger partial charge >= 0.3 is 5.97 Å². The zero-order valence-corrected chi connectivity index (χ0v) is 23.2. The van der Waals surface area contributed by atoms with Gasteiger partial charge in [-0.1, -0.05) is 43.6 Å². The molecule has 0 saturated heterocycles. The van der Waals surface area contributed by atoms with Gasteiger partial charge in [0.2, 0.25) is 0 Å². The van der Waals surface area contributed by atoms with E-state index in [1.54, 1.807) is 7.11 Å². The molecule has 7 nitrogen and oxygen atoms in total. The molecule has 1 N–H and O–H groups in total. The number of ether oxygens (including phenoxy) is 5. The second-order valence-electron chi connectivity index (χ2n) is 9.76. The molecule has 208 valence electrons. The molecule has 2 atom stereocenters. The van der Waals surface area contributed by atoms with Crippen LogP contribution in [0.15, 0.2) is 35.9 Å². The number of aromatic hydroxyl groups is 1. The van der Waals surface area contributed by atoms with Gasteiger partial charge in [-0.15, -0.1) is 0 Å². The minimum Gasteiger partial charge on any atom is -0.507 e. The maximum absolute atomic E-state index is 12.7. The average Bonchev–Trinajstić information content (AvgIpc) is 2.85. The van der Waals surface area contributed by atoms with Crippen LogP contribution in [0, 0.1) is 5.92 Å². The third kappa shape index (κ3) is 11.0. The molecule has 1 aromatic rings. The van der Waals surface area contributed by atoms with E-state index >= 15 is 0 Å². The lowest BCUT2D eigenvalue weighted by molar-refractivity contribution is -0.140. The van der Waals surface area contributed by atoms with Gasteiger partial charge in [0, 0.05) is 18.6 Å². The fourth-order valence-corrected chi connectivity index (χ4v) is 4.61. The summed E-state index contributed by atoms with van der Waals surface area (Å²) in [6, 6.07) is 3.73. The Balaban J connectivity index is 2.04. The molecule has 1 aliphatic carbocycles. The number of benzene rings is 1. The van der Waals surface area contributed by atoms with Gasteiger partial charge in [0.05, 0.1) is 39.6 Å².